The highest BCUT2D eigenvalue weighted by atomic mass is 32.1. The topological polar surface area (TPSA) is 42.9 Å². The van der Waals surface area contributed by atoms with E-state index in [0.717, 1.165) is 32.1 Å². The minimum absolute atomic E-state index is 0.528. The van der Waals surface area contributed by atoms with Crippen molar-refractivity contribution in [2.75, 3.05) is 44.7 Å². The van der Waals surface area contributed by atoms with Gasteiger partial charge in [0.1, 0.15) is 0 Å². The lowest BCUT2D eigenvalue weighted by atomic mass is 10.1. The van der Waals surface area contributed by atoms with E-state index < -0.39 is 0 Å². The van der Waals surface area contributed by atoms with E-state index >= 15 is 0 Å². The molecular weight excluding hydrogens is 318 g/mol. The second-order valence-electron chi connectivity index (χ2n) is 6.85. The first-order valence-corrected chi connectivity index (χ1v) is 10.2. The van der Waals surface area contributed by atoms with Crippen LogP contribution in [-0.2, 0) is 0 Å². The fraction of sp³-hybridized carbons (Fsp3) is 0.722. The summed E-state index contributed by atoms with van der Waals surface area (Å²) >= 11 is 1.84. The zero-order chi connectivity index (χ0) is 16.8. The molecule has 0 aliphatic carbocycles. The summed E-state index contributed by atoms with van der Waals surface area (Å²) in [6.07, 6.45) is 4.93. The number of piperidine rings is 1. The van der Waals surface area contributed by atoms with Gasteiger partial charge in [-0.2, -0.15) is 0 Å². The monoisotopic (exact) mass is 349 g/mol. The number of rotatable bonds is 5. The molecule has 3 heterocycles. The van der Waals surface area contributed by atoms with E-state index in [1.807, 2.05) is 11.3 Å². The average Bonchev–Trinajstić information content (AvgIpc) is 3.25. The van der Waals surface area contributed by atoms with E-state index in [0.29, 0.717) is 12.1 Å². The number of nitrogens with one attached hydrogen (secondary N) is 2. The molecule has 24 heavy (non-hydrogen) atoms. The molecule has 0 saturated carbocycles. The lowest BCUT2D eigenvalue weighted by molar-refractivity contribution is 0.317. The van der Waals surface area contributed by atoms with Gasteiger partial charge in [0.05, 0.1) is 11.5 Å². The maximum atomic E-state index is 4.85. The summed E-state index contributed by atoms with van der Waals surface area (Å²) in [5.41, 5.74) is 0. The molecule has 6 heteroatoms. The zero-order valence-corrected chi connectivity index (χ0v) is 15.8. The number of likely N-dealkylation sites (N-methyl/N-ethyl adjacent to an activating group) is 1. The summed E-state index contributed by atoms with van der Waals surface area (Å²) in [5.74, 6) is 0.993. The molecule has 0 spiro atoms. The van der Waals surface area contributed by atoms with Crippen molar-refractivity contribution >= 4 is 22.3 Å². The lowest BCUT2D eigenvalue weighted by Crippen LogP contribution is -2.49. The summed E-state index contributed by atoms with van der Waals surface area (Å²) in [7, 11) is 2.22. The summed E-state index contributed by atoms with van der Waals surface area (Å²) < 4.78 is 0. The summed E-state index contributed by atoms with van der Waals surface area (Å²) in [6.45, 7) is 7.43. The number of nitrogens with zero attached hydrogens (tertiary/aromatic N) is 3. The Morgan fingerprint density at radius 2 is 2.12 bits per heavy atom. The van der Waals surface area contributed by atoms with E-state index in [2.05, 4.69) is 51.9 Å². The van der Waals surface area contributed by atoms with Crippen LogP contribution in [0.5, 0.6) is 0 Å². The molecule has 2 saturated heterocycles. The predicted molar refractivity (Wildman–Crippen MR) is 104 cm³/mol. The first-order chi connectivity index (χ1) is 11.8. The van der Waals surface area contributed by atoms with Crippen LogP contribution >= 0.6 is 11.3 Å². The molecule has 5 nitrogen and oxygen atoms in total. The number of likely N-dealkylation sites (tertiary alicyclic amines) is 1. The third kappa shape index (κ3) is 4.63. The Morgan fingerprint density at radius 1 is 1.29 bits per heavy atom. The van der Waals surface area contributed by atoms with Gasteiger partial charge in [-0.05, 0) is 63.7 Å². The normalized spacial score (nSPS) is 23.7. The molecule has 1 aromatic heterocycles. The quantitative estimate of drug-likeness (QED) is 0.633. The summed E-state index contributed by atoms with van der Waals surface area (Å²) in [4.78, 5) is 9.79. The molecule has 1 atom stereocenters. The Balaban J connectivity index is 1.48. The Hall–Kier alpha value is -1.27. The summed E-state index contributed by atoms with van der Waals surface area (Å²) in [6, 6.07) is 5.50. The standard InChI is InChI=1S/C18H31N5S/c1-3-19-18(20-14-16-6-4-10-22(16)2)21-15-8-11-23(12-9-15)17-7-5-13-24-17/h5,7,13,15-16H,3-4,6,8-12,14H2,1-2H3,(H2,19,20,21). The molecule has 2 N–H and O–H groups in total. The number of thiophene rings is 1. The van der Waals surface area contributed by atoms with Crippen LogP contribution in [0.15, 0.2) is 22.5 Å². The van der Waals surface area contributed by atoms with E-state index in [9.17, 15) is 0 Å². The SMILES string of the molecule is CCNC(=NCC1CCCN1C)NC1CCN(c2cccs2)CC1. The molecule has 0 aromatic carbocycles. The van der Waals surface area contributed by atoms with E-state index in [4.69, 9.17) is 4.99 Å². The van der Waals surface area contributed by atoms with Crippen LogP contribution in [0.2, 0.25) is 0 Å². The van der Waals surface area contributed by atoms with Crippen LogP contribution in [0.25, 0.3) is 0 Å². The van der Waals surface area contributed by atoms with Crippen LogP contribution in [0.1, 0.15) is 32.6 Å². The molecule has 2 aliphatic heterocycles. The van der Waals surface area contributed by atoms with Crippen molar-refractivity contribution in [3.05, 3.63) is 17.5 Å². The molecule has 1 aromatic rings. The maximum absolute atomic E-state index is 4.85. The molecular formula is C18H31N5S. The van der Waals surface area contributed by atoms with E-state index in [-0.39, 0.29) is 0 Å². The van der Waals surface area contributed by atoms with Gasteiger partial charge in [0.15, 0.2) is 5.96 Å². The van der Waals surface area contributed by atoms with Gasteiger partial charge in [0, 0.05) is 31.7 Å². The average molecular weight is 350 g/mol. The molecule has 1 unspecified atom stereocenters. The van der Waals surface area contributed by atoms with Crippen LogP contribution < -0.4 is 15.5 Å². The lowest BCUT2D eigenvalue weighted by Gasteiger charge is -2.33. The van der Waals surface area contributed by atoms with Crippen molar-refractivity contribution in [1.29, 1.82) is 0 Å². The second-order valence-corrected chi connectivity index (χ2v) is 7.78. The van der Waals surface area contributed by atoms with Crippen molar-refractivity contribution in [2.24, 2.45) is 4.99 Å². The molecule has 3 rings (SSSR count). The van der Waals surface area contributed by atoms with Gasteiger partial charge in [-0.1, -0.05) is 0 Å². The largest absolute Gasteiger partial charge is 0.363 e. The molecule has 134 valence electrons. The Labute approximate surface area is 150 Å². The van der Waals surface area contributed by atoms with Crippen molar-refractivity contribution in [1.82, 2.24) is 15.5 Å². The minimum atomic E-state index is 0.528. The third-order valence-corrected chi connectivity index (χ3v) is 6.06. The number of hydrogen-bond acceptors (Lipinski definition) is 4. The van der Waals surface area contributed by atoms with E-state index in [1.165, 1.54) is 37.2 Å². The van der Waals surface area contributed by atoms with Crippen molar-refractivity contribution in [3.63, 3.8) is 0 Å². The van der Waals surface area contributed by atoms with Gasteiger partial charge in [-0.15, -0.1) is 11.3 Å². The Kier molecular flexibility index (Phi) is 6.37. The number of anilines is 1. The third-order valence-electron chi connectivity index (χ3n) is 5.13. The van der Waals surface area contributed by atoms with Gasteiger partial charge in [-0.25, -0.2) is 0 Å². The summed E-state index contributed by atoms with van der Waals surface area (Å²) in [5, 5.41) is 10.6. The van der Waals surface area contributed by atoms with Gasteiger partial charge in [0.25, 0.3) is 0 Å². The van der Waals surface area contributed by atoms with Crippen LogP contribution in [-0.4, -0.2) is 62.7 Å². The highest BCUT2D eigenvalue weighted by Gasteiger charge is 2.22. The maximum Gasteiger partial charge on any atom is 0.191 e. The number of guanidine groups is 1. The van der Waals surface area contributed by atoms with Gasteiger partial charge >= 0.3 is 0 Å². The first kappa shape index (κ1) is 17.5. The zero-order valence-electron chi connectivity index (χ0n) is 15.0. The van der Waals surface area contributed by atoms with E-state index in [1.54, 1.807) is 0 Å². The van der Waals surface area contributed by atoms with Crippen LogP contribution in [0.3, 0.4) is 0 Å². The molecule has 0 radical (unpaired) electrons. The second kappa shape index (κ2) is 8.72. The van der Waals surface area contributed by atoms with Crippen LogP contribution in [0, 0.1) is 0 Å². The van der Waals surface area contributed by atoms with Crippen molar-refractivity contribution in [2.45, 2.75) is 44.7 Å². The van der Waals surface area contributed by atoms with Crippen molar-refractivity contribution in [3.8, 4) is 0 Å². The predicted octanol–water partition coefficient (Wildman–Crippen LogP) is 2.37. The molecule has 0 bridgehead atoms. The van der Waals surface area contributed by atoms with Crippen LogP contribution in [0.4, 0.5) is 5.00 Å². The Bertz CT molecular complexity index is 507. The highest BCUT2D eigenvalue weighted by Crippen LogP contribution is 2.24. The first-order valence-electron chi connectivity index (χ1n) is 9.30. The highest BCUT2D eigenvalue weighted by molar-refractivity contribution is 7.14. The van der Waals surface area contributed by atoms with Gasteiger partial charge in [0.2, 0.25) is 0 Å². The number of hydrogen-bond donors (Lipinski definition) is 2. The van der Waals surface area contributed by atoms with Crippen molar-refractivity contribution < 1.29 is 0 Å². The smallest absolute Gasteiger partial charge is 0.191 e. The minimum Gasteiger partial charge on any atom is -0.363 e. The number of aliphatic imine (C=N–C) groups is 1. The Morgan fingerprint density at radius 3 is 2.75 bits per heavy atom. The fourth-order valence-electron chi connectivity index (χ4n) is 3.61. The molecule has 2 fully saturated rings. The van der Waals surface area contributed by atoms with Gasteiger partial charge in [-0.3, -0.25) is 4.99 Å². The molecule has 2 aliphatic rings. The van der Waals surface area contributed by atoms with Gasteiger partial charge < -0.3 is 20.4 Å². The fourth-order valence-corrected chi connectivity index (χ4v) is 4.40. The molecule has 0 amide bonds.